The number of nitrogens with one attached hydrogen (secondary N) is 1. The number of ether oxygens (including phenoxy) is 1. The molecule has 0 spiro atoms. The van der Waals surface area contributed by atoms with Gasteiger partial charge in [-0.25, -0.2) is 0 Å². The third-order valence-corrected chi connectivity index (χ3v) is 3.41. The van der Waals surface area contributed by atoms with Crippen LogP contribution in [-0.2, 0) is 17.9 Å². The lowest BCUT2D eigenvalue weighted by molar-refractivity contribution is -0.127. The van der Waals surface area contributed by atoms with Gasteiger partial charge in [-0.15, -0.1) is 10.2 Å². The molecule has 1 aromatic carbocycles. The van der Waals surface area contributed by atoms with Crippen molar-refractivity contribution in [1.29, 1.82) is 0 Å². The molecule has 1 atom stereocenters. The van der Waals surface area contributed by atoms with Crippen molar-refractivity contribution in [2.75, 3.05) is 0 Å². The summed E-state index contributed by atoms with van der Waals surface area (Å²) in [6.07, 6.45) is 0.933. The van der Waals surface area contributed by atoms with Crippen molar-refractivity contribution in [3.8, 4) is 5.75 Å². The Morgan fingerprint density at radius 3 is 2.68 bits per heavy atom. The second-order valence-corrected chi connectivity index (χ2v) is 5.49. The zero-order valence-electron chi connectivity index (χ0n) is 12.2. The second kappa shape index (κ2) is 7.47. The third kappa shape index (κ3) is 4.35. The Hall–Kier alpha value is -1.79. The number of halogens is 2. The van der Waals surface area contributed by atoms with E-state index in [2.05, 4.69) is 15.5 Å². The molecule has 22 heavy (non-hydrogen) atoms. The van der Waals surface area contributed by atoms with E-state index in [-0.39, 0.29) is 12.5 Å². The fourth-order valence-electron chi connectivity index (χ4n) is 1.84. The topological polar surface area (TPSA) is 69.0 Å². The number of aryl methyl sites for hydroxylation is 1. The molecule has 0 saturated carbocycles. The van der Waals surface area contributed by atoms with Crippen LogP contribution in [0.25, 0.3) is 0 Å². The highest BCUT2D eigenvalue weighted by molar-refractivity contribution is 6.34. The summed E-state index contributed by atoms with van der Waals surface area (Å²) in [6, 6.07) is 4.80. The normalized spacial score (nSPS) is 12.0. The maximum Gasteiger partial charge on any atom is 0.261 e. The molecular weight excluding hydrogens is 327 g/mol. The molecule has 0 bridgehead atoms. The average molecular weight is 343 g/mol. The largest absolute Gasteiger partial charge is 0.481 e. The summed E-state index contributed by atoms with van der Waals surface area (Å²) in [4.78, 5) is 12.1. The number of nitrogens with zero attached hydrogens (tertiary/aromatic N) is 3. The van der Waals surface area contributed by atoms with Gasteiger partial charge in [0.25, 0.3) is 5.91 Å². The SMILES string of the molecule is CCn1cnnc1CNC(=O)[C@H](C)Oc1cc(Cl)cc(Cl)c1. The first-order valence-electron chi connectivity index (χ1n) is 6.76. The van der Waals surface area contributed by atoms with Crippen LogP contribution in [0.15, 0.2) is 24.5 Å². The van der Waals surface area contributed by atoms with Crippen molar-refractivity contribution in [3.05, 3.63) is 40.4 Å². The quantitative estimate of drug-likeness (QED) is 0.876. The molecule has 0 aliphatic heterocycles. The van der Waals surface area contributed by atoms with Gasteiger partial charge in [0.1, 0.15) is 12.1 Å². The first-order chi connectivity index (χ1) is 10.5. The summed E-state index contributed by atoms with van der Waals surface area (Å²) in [7, 11) is 0. The van der Waals surface area contributed by atoms with Gasteiger partial charge in [0.05, 0.1) is 6.54 Å². The molecule has 0 radical (unpaired) electrons. The summed E-state index contributed by atoms with van der Waals surface area (Å²) in [6.45, 7) is 4.65. The minimum Gasteiger partial charge on any atom is -0.481 e. The van der Waals surface area contributed by atoms with Crippen LogP contribution >= 0.6 is 23.2 Å². The minimum absolute atomic E-state index is 0.262. The zero-order valence-corrected chi connectivity index (χ0v) is 13.7. The van der Waals surface area contributed by atoms with Crippen LogP contribution in [-0.4, -0.2) is 26.8 Å². The van der Waals surface area contributed by atoms with E-state index in [1.807, 2.05) is 11.5 Å². The first kappa shape index (κ1) is 16.6. The number of carbonyl (C=O) groups excluding carboxylic acids is 1. The van der Waals surface area contributed by atoms with E-state index in [9.17, 15) is 4.79 Å². The van der Waals surface area contributed by atoms with E-state index < -0.39 is 6.10 Å². The maximum absolute atomic E-state index is 12.1. The molecule has 0 unspecified atom stereocenters. The Morgan fingerprint density at radius 2 is 2.05 bits per heavy atom. The van der Waals surface area contributed by atoms with Crippen LogP contribution in [0.3, 0.4) is 0 Å². The van der Waals surface area contributed by atoms with E-state index in [0.29, 0.717) is 21.6 Å². The van der Waals surface area contributed by atoms with E-state index in [0.717, 1.165) is 6.54 Å². The fourth-order valence-corrected chi connectivity index (χ4v) is 2.35. The van der Waals surface area contributed by atoms with Crippen LogP contribution < -0.4 is 10.1 Å². The second-order valence-electron chi connectivity index (χ2n) is 4.62. The molecule has 1 heterocycles. The monoisotopic (exact) mass is 342 g/mol. The predicted molar refractivity (Wildman–Crippen MR) is 84.1 cm³/mol. The maximum atomic E-state index is 12.1. The van der Waals surface area contributed by atoms with E-state index >= 15 is 0 Å². The van der Waals surface area contributed by atoms with E-state index in [1.54, 1.807) is 31.5 Å². The molecule has 1 amide bonds. The van der Waals surface area contributed by atoms with Crippen LogP contribution in [0.5, 0.6) is 5.75 Å². The smallest absolute Gasteiger partial charge is 0.261 e. The number of amides is 1. The van der Waals surface area contributed by atoms with Crippen LogP contribution in [0, 0.1) is 0 Å². The molecule has 118 valence electrons. The molecule has 2 aromatic rings. The van der Waals surface area contributed by atoms with Gasteiger partial charge < -0.3 is 14.6 Å². The Kier molecular flexibility index (Phi) is 5.63. The highest BCUT2D eigenvalue weighted by atomic mass is 35.5. The van der Waals surface area contributed by atoms with Crippen LogP contribution in [0.4, 0.5) is 0 Å². The Balaban J connectivity index is 1.92. The Bertz CT molecular complexity index is 640. The minimum atomic E-state index is -0.687. The molecule has 2 rings (SSSR count). The van der Waals surface area contributed by atoms with E-state index in [4.69, 9.17) is 27.9 Å². The highest BCUT2D eigenvalue weighted by Gasteiger charge is 2.16. The Morgan fingerprint density at radius 1 is 1.36 bits per heavy atom. The summed E-state index contributed by atoms with van der Waals surface area (Å²) < 4.78 is 7.39. The predicted octanol–water partition coefficient (Wildman–Crippen LogP) is 2.69. The highest BCUT2D eigenvalue weighted by Crippen LogP contribution is 2.24. The van der Waals surface area contributed by atoms with Gasteiger partial charge in [0.15, 0.2) is 11.9 Å². The summed E-state index contributed by atoms with van der Waals surface area (Å²) in [5.41, 5.74) is 0. The van der Waals surface area contributed by atoms with Crippen molar-refractivity contribution in [1.82, 2.24) is 20.1 Å². The van der Waals surface area contributed by atoms with Gasteiger partial charge in [-0.05, 0) is 32.0 Å². The van der Waals surface area contributed by atoms with Crippen LogP contribution in [0.1, 0.15) is 19.7 Å². The molecule has 8 heteroatoms. The number of rotatable bonds is 6. The van der Waals surface area contributed by atoms with Crippen molar-refractivity contribution < 1.29 is 9.53 Å². The van der Waals surface area contributed by atoms with E-state index in [1.165, 1.54) is 0 Å². The van der Waals surface area contributed by atoms with Gasteiger partial charge in [0.2, 0.25) is 0 Å². The standard InChI is InChI=1S/C14H16Cl2N4O2/c1-3-20-8-18-19-13(20)7-17-14(21)9(2)22-12-5-10(15)4-11(16)6-12/h4-6,8-9H,3,7H2,1-2H3,(H,17,21)/t9-/m0/s1. The Labute approximate surface area is 138 Å². The number of aromatic nitrogens is 3. The molecular formula is C14H16Cl2N4O2. The van der Waals surface area contributed by atoms with Crippen LogP contribution in [0.2, 0.25) is 10.0 Å². The zero-order chi connectivity index (χ0) is 16.1. The summed E-state index contributed by atoms with van der Waals surface area (Å²) >= 11 is 11.8. The van der Waals surface area contributed by atoms with Gasteiger partial charge >= 0.3 is 0 Å². The summed E-state index contributed by atoms with van der Waals surface area (Å²) in [5, 5.41) is 11.4. The average Bonchev–Trinajstić information content (AvgIpc) is 2.90. The molecule has 1 aromatic heterocycles. The molecule has 0 saturated heterocycles. The van der Waals surface area contributed by atoms with Gasteiger partial charge in [-0.3, -0.25) is 4.79 Å². The number of benzene rings is 1. The number of carbonyl (C=O) groups is 1. The number of hydrogen-bond acceptors (Lipinski definition) is 4. The lowest BCUT2D eigenvalue weighted by Crippen LogP contribution is -2.36. The van der Waals surface area contributed by atoms with Crippen molar-refractivity contribution in [3.63, 3.8) is 0 Å². The summed E-state index contributed by atoms with van der Waals surface area (Å²) in [5.74, 6) is 0.868. The number of hydrogen-bond donors (Lipinski definition) is 1. The lowest BCUT2D eigenvalue weighted by atomic mass is 10.3. The molecule has 6 nitrogen and oxygen atoms in total. The molecule has 0 aliphatic carbocycles. The third-order valence-electron chi connectivity index (χ3n) is 2.98. The molecule has 1 N–H and O–H groups in total. The first-order valence-corrected chi connectivity index (χ1v) is 7.52. The lowest BCUT2D eigenvalue weighted by Gasteiger charge is -2.15. The van der Waals surface area contributed by atoms with Crippen molar-refractivity contribution in [2.45, 2.75) is 33.0 Å². The van der Waals surface area contributed by atoms with Crippen molar-refractivity contribution in [2.24, 2.45) is 0 Å². The van der Waals surface area contributed by atoms with Crippen molar-refractivity contribution >= 4 is 29.1 Å². The van der Waals surface area contributed by atoms with Gasteiger partial charge in [-0.2, -0.15) is 0 Å². The van der Waals surface area contributed by atoms with Gasteiger partial charge in [0, 0.05) is 16.6 Å². The van der Waals surface area contributed by atoms with Gasteiger partial charge in [-0.1, -0.05) is 23.2 Å². The molecule has 0 fully saturated rings. The molecule has 0 aliphatic rings. The fraction of sp³-hybridized carbons (Fsp3) is 0.357.